The van der Waals surface area contributed by atoms with Crippen molar-refractivity contribution in [1.82, 2.24) is 34.9 Å². The molecule has 0 aliphatic heterocycles. The smallest absolute Gasteiger partial charge is 0.249 e. The van der Waals surface area contributed by atoms with Gasteiger partial charge in [0.05, 0.1) is 37.8 Å². The van der Waals surface area contributed by atoms with Crippen LogP contribution in [0.15, 0.2) is 47.2 Å². The van der Waals surface area contributed by atoms with Crippen LogP contribution < -0.4 is 0 Å². The topological polar surface area (TPSA) is 135 Å². The Hall–Kier alpha value is -4.18. The number of rotatable bonds is 6. The number of fused-ring (bicyclic) bond motifs is 5. The monoisotopic (exact) mass is 561 g/mol. The van der Waals surface area contributed by atoms with Gasteiger partial charge in [0.15, 0.2) is 5.82 Å². The molecule has 0 radical (unpaired) electrons. The molecule has 10 nitrogen and oxygen atoms in total. The number of hydrogen-bond acceptors (Lipinski definition) is 9. The van der Waals surface area contributed by atoms with E-state index < -0.39 is 26.8 Å². The van der Waals surface area contributed by atoms with Gasteiger partial charge in [0.1, 0.15) is 18.0 Å². The van der Waals surface area contributed by atoms with E-state index in [-0.39, 0.29) is 34.8 Å². The van der Waals surface area contributed by atoms with E-state index in [1.165, 1.54) is 35.5 Å². The third kappa shape index (κ3) is 3.89. The molecule has 6 rings (SSSR count). The van der Waals surface area contributed by atoms with Crippen LogP contribution in [0.1, 0.15) is 55.4 Å². The van der Waals surface area contributed by atoms with E-state index in [0.717, 1.165) is 29.8 Å². The predicted octanol–water partition coefficient (Wildman–Crippen LogP) is 4.12. The molecule has 1 unspecified atom stereocenters. The fraction of sp³-hybridized carbons (Fsp3) is 0.370. The van der Waals surface area contributed by atoms with Gasteiger partial charge in [-0.25, -0.2) is 27.9 Å². The van der Waals surface area contributed by atoms with Crippen molar-refractivity contribution in [3.8, 4) is 23.4 Å². The minimum atomic E-state index is -2.64. The lowest BCUT2D eigenvalue weighted by molar-refractivity contribution is 0.242. The number of aromatic nitrogens is 7. The molecule has 40 heavy (non-hydrogen) atoms. The molecule has 3 heterocycles. The third-order valence-corrected chi connectivity index (χ3v) is 9.79. The first-order valence-electron chi connectivity index (χ1n) is 12.7. The van der Waals surface area contributed by atoms with Crippen molar-refractivity contribution in [3.63, 3.8) is 0 Å². The van der Waals surface area contributed by atoms with Gasteiger partial charge in [0.25, 0.3) is 5.95 Å². The molecule has 4 aromatic rings. The Bertz CT molecular complexity index is 1800. The summed E-state index contributed by atoms with van der Waals surface area (Å²) in [4.78, 5) is 13.6. The first-order valence-corrected chi connectivity index (χ1v) is 14.8. The maximum absolute atomic E-state index is 14.5. The van der Waals surface area contributed by atoms with Crippen LogP contribution in [0, 0.1) is 28.5 Å². The van der Waals surface area contributed by atoms with Gasteiger partial charge in [-0.2, -0.15) is 15.0 Å². The molecule has 1 fully saturated rings. The maximum Gasteiger partial charge on any atom is 0.252 e. The Kier molecular flexibility index (Phi) is 5.99. The summed E-state index contributed by atoms with van der Waals surface area (Å²) in [5, 5.41) is 22.0. The summed E-state index contributed by atoms with van der Waals surface area (Å²) in [6.45, 7) is 4.33. The number of aryl methyl sites for hydroxylation is 1. The molecule has 3 atom stereocenters. The summed E-state index contributed by atoms with van der Waals surface area (Å²) in [7, 11) is -2.64. The van der Waals surface area contributed by atoms with Gasteiger partial charge >= 0.3 is 0 Å². The second-order valence-corrected chi connectivity index (χ2v) is 13.3. The molecule has 1 aromatic carbocycles. The molecule has 3 aromatic heterocycles. The van der Waals surface area contributed by atoms with Gasteiger partial charge in [-0.15, -0.1) is 14.6 Å². The summed E-state index contributed by atoms with van der Waals surface area (Å²) >= 11 is 0. The minimum absolute atomic E-state index is 0.102. The number of nitrogens with zero attached hydrogens (tertiary/aromatic N) is 9. The fourth-order valence-electron chi connectivity index (χ4n) is 6.37. The molecule has 0 amide bonds. The molecule has 2 bridgehead atoms. The van der Waals surface area contributed by atoms with Gasteiger partial charge in [-0.1, -0.05) is 19.9 Å². The second-order valence-electron chi connectivity index (χ2n) is 10.8. The van der Waals surface area contributed by atoms with E-state index in [0.29, 0.717) is 11.8 Å². The van der Waals surface area contributed by atoms with E-state index in [1.807, 2.05) is 6.07 Å². The van der Waals surface area contributed by atoms with Crippen molar-refractivity contribution in [2.45, 2.75) is 44.4 Å². The zero-order valence-corrected chi connectivity index (χ0v) is 22.9. The van der Waals surface area contributed by atoms with Crippen LogP contribution in [0.5, 0.6) is 0 Å². The van der Waals surface area contributed by atoms with Crippen molar-refractivity contribution in [2.24, 2.45) is 9.78 Å². The zero-order valence-electron chi connectivity index (χ0n) is 22.0. The zero-order chi connectivity index (χ0) is 28.3. The predicted molar refractivity (Wildman–Crippen MR) is 142 cm³/mol. The average Bonchev–Trinajstić information content (AvgIpc) is 3.55. The maximum atomic E-state index is 14.5. The Labute approximate surface area is 229 Å². The van der Waals surface area contributed by atoms with Crippen molar-refractivity contribution in [3.05, 3.63) is 77.3 Å². The average molecular weight is 562 g/mol. The molecule has 2 aliphatic carbocycles. The van der Waals surface area contributed by atoms with E-state index in [9.17, 15) is 13.0 Å². The SMILES string of the molecule is CC1(C)[C@H]2CC[C@]1(c1ccnc(-n3cnc(CCS(C)(=O)=NC#N)n3)n1)c1nnc(-c3c(F)cccc3F)cc12. The Morgan fingerprint density at radius 3 is 2.73 bits per heavy atom. The lowest BCUT2D eigenvalue weighted by Gasteiger charge is -2.37. The van der Waals surface area contributed by atoms with E-state index >= 15 is 0 Å². The quantitative estimate of drug-likeness (QED) is 0.321. The van der Waals surface area contributed by atoms with Crippen molar-refractivity contribution >= 4 is 9.73 Å². The van der Waals surface area contributed by atoms with Crippen molar-refractivity contribution in [2.75, 3.05) is 12.0 Å². The molecular weight excluding hydrogens is 536 g/mol. The Balaban J connectivity index is 1.38. The summed E-state index contributed by atoms with van der Waals surface area (Å²) < 4.78 is 46.3. The van der Waals surface area contributed by atoms with Crippen LogP contribution in [-0.4, -0.2) is 51.1 Å². The standard InChI is InChI=1S/C27H25F2N9OS/c1-26(2)17-7-10-27(26,24-16(17)13-20(35-36-24)23-18(28)5-4-6-19(23)29)21-8-11-31-25(34-21)38-15-32-22(37-38)9-12-40(3,39)33-14-30/h4-6,8,11,13,15,17H,7,9-10,12H2,1-3H3/t17-,27-,40?/m0/s1. The highest BCUT2D eigenvalue weighted by molar-refractivity contribution is 7.93. The van der Waals surface area contributed by atoms with Crippen LogP contribution in [-0.2, 0) is 21.6 Å². The Morgan fingerprint density at radius 1 is 1.20 bits per heavy atom. The van der Waals surface area contributed by atoms with Gasteiger partial charge in [-0.05, 0) is 54.0 Å². The Morgan fingerprint density at radius 2 is 1.98 bits per heavy atom. The summed E-state index contributed by atoms with van der Waals surface area (Å²) in [6.07, 6.45) is 8.09. The summed E-state index contributed by atoms with van der Waals surface area (Å²) in [5.74, 6) is -0.361. The van der Waals surface area contributed by atoms with Crippen LogP contribution in [0.25, 0.3) is 17.2 Å². The number of hydrogen-bond donors (Lipinski definition) is 0. The third-order valence-electron chi connectivity index (χ3n) is 8.36. The van der Waals surface area contributed by atoms with Gasteiger partial charge in [0, 0.05) is 24.6 Å². The van der Waals surface area contributed by atoms with Crippen LogP contribution in [0.3, 0.4) is 0 Å². The molecular formula is C27H25F2N9OS. The summed E-state index contributed by atoms with van der Waals surface area (Å²) in [5.41, 5.74) is 1.55. The molecule has 2 aliphatic rings. The number of nitriles is 1. The number of benzene rings is 1. The molecule has 0 saturated heterocycles. The highest BCUT2D eigenvalue weighted by atomic mass is 32.2. The summed E-state index contributed by atoms with van der Waals surface area (Å²) in [6, 6.07) is 7.39. The lowest BCUT2D eigenvalue weighted by Crippen LogP contribution is -2.38. The van der Waals surface area contributed by atoms with E-state index in [1.54, 1.807) is 18.5 Å². The molecule has 13 heteroatoms. The van der Waals surface area contributed by atoms with E-state index in [2.05, 4.69) is 43.5 Å². The normalized spacial score (nSPS) is 21.9. The fourth-order valence-corrected chi connectivity index (χ4v) is 7.20. The molecule has 1 saturated carbocycles. The first-order chi connectivity index (χ1) is 19.1. The van der Waals surface area contributed by atoms with Gasteiger partial charge in [0.2, 0.25) is 6.19 Å². The largest absolute Gasteiger partial charge is 0.252 e. The highest BCUT2D eigenvalue weighted by Gasteiger charge is 2.65. The lowest BCUT2D eigenvalue weighted by atomic mass is 9.66. The number of halogens is 2. The molecule has 0 N–H and O–H groups in total. The van der Waals surface area contributed by atoms with Crippen molar-refractivity contribution in [1.29, 1.82) is 5.26 Å². The van der Waals surface area contributed by atoms with Crippen LogP contribution in [0.2, 0.25) is 0 Å². The van der Waals surface area contributed by atoms with E-state index in [4.69, 9.17) is 10.2 Å². The van der Waals surface area contributed by atoms with Gasteiger partial charge in [-0.3, -0.25) is 0 Å². The van der Waals surface area contributed by atoms with Crippen LogP contribution in [0.4, 0.5) is 8.78 Å². The highest BCUT2D eigenvalue weighted by Crippen LogP contribution is 2.69. The van der Waals surface area contributed by atoms with Gasteiger partial charge < -0.3 is 0 Å². The van der Waals surface area contributed by atoms with Crippen molar-refractivity contribution < 1.29 is 13.0 Å². The van der Waals surface area contributed by atoms with Crippen LogP contribution >= 0.6 is 0 Å². The second kappa shape index (κ2) is 9.19. The first kappa shape index (κ1) is 26.1. The molecule has 0 spiro atoms. The minimum Gasteiger partial charge on any atom is -0.249 e. The molecule has 204 valence electrons.